The fourth-order valence-electron chi connectivity index (χ4n) is 1.04. The molecule has 0 bridgehead atoms. The molecule has 0 aliphatic carbocycles. The molecule has 0 aliphatic heterocycles. The molecule has 0 spiro atoms. The Morgan fingerprint density at radius 1 is 0.591 bits per heavy atom. The Labute approximate surface area is 293 Å². The van der Waals surface area contributed by atoms with Crippen molar-refractivity contribution < 1.29 is 245 Å². The molecule has 0 unspecified atom stereocenters. The maximum Gasteiger partial charge on any atom is 1.00 e. The van der Waals surface area contributed by atoms with E-state index in [2.05, 4.69) is 9.97 Å². The summed E-state index contributed by atoms with van der Waals surface area (Å²) in [5, 5.41) is 42.1. The fourth-order valence-corrected chi connectivity index (χ4v) is 1.04. The van der Waals surface area contributed by atoms with Gasteiger partial charge in [0, 0.05) is 0 Å². The largest absolute Gasteiger partial charge is 1.00 e. The first-order valence-corrected chi connectivity index (χ1v) is 4.03. The first-order valence-electron chi connectivity index (χ1n) is 4.03. The number of aromatic carboxylic acids is 4. The molecular weight excluding hydrogens is 408 g/mol. The van der Waals surface area contributed by atoms with Crippen LogP contribution in [0.25, 0.3) is 0 Å². The van der Waals surface area contributed by atoms with Gasteiger partial charge in [-0.15, -0.1) is 0 Å². The molecule has 1 heterocycles. The molecule has 0 aromatic carbocycles. The van der Waals surface area contributed by atoms with E-state index in [0.717, 1.165) is 0 Å². The van der Waals surface area contributed by atoms with Crippen LogP contribution in [0.15, 0.2) is 0 Å². The number of carbonyl (C=O) groups is 4. The quantitative estimate of drug-likeness (QED) is 0.433. The van der Waals surface area contributed by atoms with Gasteiger partial charge < -0.3 is 39.6 Å². The van der Waals surface area contributed by atoms with Crippen molar-refractivity contribution in [3.05, 3.63) is 22.8 Å². The topological polar surface area (TPSA) is 186 Å². The van der Waals surface area contributed by atoms with Crippen molar-refractivity contribution in [1.82, 2.24) is 9.97 Å². The summed E-state index contributed by atoms with van der Waals surface area (Å²) < 4.78 is 0. The Kier molecular flexibility index (Phi) is 23.4. The minimum absolute atomic E-state index is 0. The second kappa shape index (κ2) is 15.6. The molecule has 94 valence electrons. The van der Waals surface area contributed by atoms with Gasteiger partial charge in [-0.2, -0.15) is 0 Å². The summed E-state index contributed by atoms with van der Waals surface area (Å²) in [6.45, 7) is 0. The zero-order valence-corrected chi connectivity index (χ0v) is 24.7. The van der Waals surface area contributed by atoms with Crippen LogP contribution in [0.4, 0.5) is 0 Å². The molecule has 10 nitrogen and oxygen atoms in total. The zero-order chi connectivity index (χ0) is 14.0. The molecule has 0 radical (unpaired) electrons. The summed E-state index contributed by atoms with van der Waals surface area (Å²) in [7, 11) is 0. The van der Waals surface area contributed by atoms with E-state index < -0.39 is 46.7 Å². The van der Waals surface area contributed by atoms with Gasteiger partial charge in [0.15, 0.2) is 5.82 Å². The number of aromatic nitrogens is 2. The summed E-state index contributed by atoms with van der Waals surface area (Å²) in [6.07, 6.45) is 0. The summed E-state index contributed by atoms with van der Waals surface area (Å²) >= 11 is 0. The van der Waals surface area contributed by atoms with Crippen LogP contribution < -0.4 is 226 Å². The molecule has 1 aromatic rings. The average molecular weight is 408 g/mol. The number of rotatable bonds is 4. The van der Waals surface area contributed by atoms with Gasteiger partial charge in [-0.3, -0.25) is 0 Å². The van der Waals surface area contributed by atoms with E-state index in [1.807, 2.05) is 0 Å². The molecule has 0 N–H and O–H groups in total. The van der Waals surface area contributed by atoms with Gasteiger partial charge in [-0.05, 0) is 0 Å². The minimum atomic E-state index is -2.24. The molecule has 0 aliphatic rings. The maximum atomic E-state index is 10.6. The van der Waals surface area contributed by atoms with Crippen molar-refractivity contribution in [2.24, 2.45) is 0 Å². The van der Waals surface area contributed by atoms with E-state index in [1.54, 1.807) is 0 Å². The van der Waals surface area contributed by atoms with Crippen molar-refractivity contribution in [3.63, 3.8) is 0 Å². The molecule has 1 aromatic heterocycles. The first-order chi connectivity index (χ1) is 8.25. The van der Waals surface area contributed by atoms with Gasteiger partial charge in [0.25, 0.3) is 0 Å². The Balaban J connectivity index is -0.000000405. The van der Waals surface area contributed by atoms with Crippen molar-refractivity contribution in [2.75, 3.05) is 0 Å². The third-order valence-electron chi connectivity index (χ3n) is 1.68. The van der Waals surface area contributed by atoms with E-state index in [4.69, 9.17) is 0 Å². The second-order valence-electron chi connectivity index (χ2n) is 2.77. The number of hydrogen-bond donors (Lipinski definition) is 0. The van der Waals surface area contributed by atoms with Crippen LogP contribution >= 0.6 is 0 Å². The average Bonchev–Trinajstić information content (AvgIpc) is 2.26. The SMILES string of the molecule is O=C([O-])c1nc(C(=O)[O-])c(C(=O)[O-])c(C(=O)[O-])n1.[K+].[K+].[K+].[K+]. The van der Waals surface area contributed by atoms with Crippen molar-refractivity contribution >= 4 is 23.9 Å². The van der Waals surface area contributed by atoms with Crippen LogP contribution in [0, 0.1) is 0 Å². The van der Waals surface area contributed by atoms with Crippen LogP contribution in [0.2, 0.25) is 0 Å². The third-order valence-corrected chi connectivity index (χ3v) is 1.68. The van der Waals surface area contributed by atoms with Gasteiger partial charge in [0.05, 0.1) is 34.9 Å². The molecule has 0 saturated heterocycles. The van der Waals surface area contributed by atoms with Crippen LogP contribution in [0.1, 0.15) is 42.0 Å². The van der Waals surface area contributed by atoms with E-state index in [9.17, 15) is 39.6 Å². The van der Waals surface area contributed by atoms with Gasteiger partial charge in [-0.1, -0.05) is 0 Å². The third kappa shape index (κ3) is 9.44. The van der Waals surface area contributed by atoms with Crippen molar-refractivity contribution in [3.8, 4) is 0 Å². The monoisotopic (exact) mass is 408 g/mol. The zero-order valence-electron chi connectivity index (χ0n) is 12.2. The van der Waals surface area contributed by atoms with Crippen LogP contribution in [-0.2, 0) is 0 Å². The number of hydrogen-bond acceptors (Lipinski definition) is 10. The number of nitrogens with zero attached hydrogens (tertiary/aromatic N) is 2. The van der Waals surface area contributed by atoms with Gasteiger partial charge in [-0.25, -0.2) is 9.97 Å². The second-order valence-corrected chi connectivity index (χ2v) is 2.77. The Morgan fingerprint density at radius 2 is 0.909 bits per heavy atom. The molecule has 22 heavy (non-hydrogen) atoms. The summed E-state index contributed by atoms with van der Waals surface area (Å²) in [4.78, 5) is 47.7. The number of carbonyl (C=O) groups excluding carboxylic acids is 4. The van der Waals surface area contributed by atoms with E-state index in [-0.39, 0.29) is 206 Å². The first kappa shape index (κ1) is 33.1. The van der Waals surface area contributed by atoms with Crippen LogP contribution in [0.5, 0.6) is 0 Å². The predicted octanol–water partition coefficient (Wildman–Crippen LogP) is -18.1. The normalized spacial score (nSPS) is 8.00. The van der Waals surface area contributed by atoms with Crippen molar-refractivity contribution in [2.45, 2.75) is 0 Å². The molecule has 1 rings (SSSR count). The predicted molar refractivity (Wildman–Crippen MR) is 39.4 cm³/mol. The Hall–Kier alpha value is 3.51. The molecule has 0 fully saturated rings. The molecular formula is C8K4N2O8. The van der Waals surface area contributed by atoms with Gasteiger partial charge in [0.2, 0.25) is 0 Å². The molecule has 14 heteroatoms. The van der Waals surface area contributed by atoms with Gasteiger partial charge >= 0.3 is 206 Å². The maximum absolute atomic E-state index is 10.6. The smallest absolute Gasteiger partial charge is 0.545 e. The van der Waals surface area contributed by atoms with E-state index in [1.165, 1.54) is 0 Å². The van der Waals surface area contributed by atoms with Crippen molar-refractivity contribution in [1.29, 1.82) is 0 Å². The van der Waals surface area contributed by atoms with Crippen LogP contribution in [-0.4, -0.2) is 33.8 Å². The molecule has 0 atom stereocenters. The van der Waals surface area contributed by atoms with E-state index in [0.29, 0.717) is 0 Å². The summed E-state index contributed by atoms with van der Waals surface area (Å²) in [6, 6.07) is 0. The summed E-state index contributed by atoms with van der Waals surface area (Å²) in [5.41, 5.74) is -4.35. The summed E-state index contributed by atoms with van der Waals surface area (Å²) in [5.74, 6) is -10.1. The Bertz CT molecular complexity index is 559. The van der Waals surface area contributed by atoms with E-state index >= 15 is 0 Å². The Morgan fingerprint density at radius 3 is 1.09 bits per heavy atom. The minimum Gasteiger partial charge on any atom is -0.545 e. The number of carboxylic acid groups (broad SMARTS) is 4. The molecule has 0 saturated carbocycles. The molecule has 0 amide bonds. The van der Waals surface area contributed by atoms with Crippen LogP contribution in [0.3, 0.4) is 0 Å². The number of carboxylic acids is 4. The standard InChI is InChI=1S/C8H4N2O8.4K/c11-5(12)1-2(6(13)14)9-4(8(17)18)10-3(1)7(15)16;;;;/h(H,11,12)(H,13,14)(H,15,16)(H,17,18);;;;/q;4*+1/p-4. The fraction of sp³-hybridized carbons (Fsp3) is 0. The van der Waals surface area contributed by atoms with Gasteiger partial charge in [0.1, 0.15) is 5.97 Å².